The van der Waals surface area contributed by atoms with Gasteiger partial charge in [0, 0.05) is 12.3 Å². The third-order valence-corrected chi connectivity index (χ3v) is 6.31. The van der Waals surface area contributed by atoms with Crippen LogP contribution in [0.2, 0.25) is 0 Å². The van der Waals surface area contributed by atoms with Crippen molar-refractivity contribution in [3.8, 4) is 0 Å². The fraction of sp³-hybridized carbons (Fsp3) is 0.947. The summed E-state index contributed by atoms with van der Waals surface area (Å²) in [6, 6.07) is 0. The Balaban J connectivity index is 1.87. The molecule has 0 aromatic carbocycles. The van der Waals surface area contributed by atoms with Crippen LogP contribution < -0.4 is 0 Å². The van der Waals surface area contributed by atoms with Gasteiger partial charge in [0.25, 0.3) is 0 Å². The molecule has 0 heterocycles. The first kappa shape index (κ1) is 16.0. The van der Waals surface area contributed by atoms with Gasteiger partial charge in [0.05, 0.1) is 0 Å². The summed E-state index contributed by atoms with van der Waals surface area (Å²) in [6.45, 7) is 9.52. The van der Waals surface area contributed by atoms with Crippen molar-refractivity contribution in [1.29, 1.82) is 0 Å². The van der Waals surface area contributed by atoms with Crippen molar-refractivity contribution in [3.05, 3.63) is 0 Å². The second-order valence-electron chi connectivity index (χ2n) is 8.22. The molecular formula is C19H34O. The molecule has 0 aliphatic heterocycles. The van der Waals surface area contributed by atoms with Gasteiger partial charge < -0.3 is 0 Å². The molecule has 0 radical (unpaired) electrons. The van der Waals surface area contributed by atoms with E-state index in [4.69, 9.17) is 0 Å². The molecule has 1 nitrogen and oxygen atoms in total. The number of hydrogen-bond acceptors (Lipinski definition) is 1. The number of hydrogen-bond donors (Lipinski definition) is 0. The number of ketones is 1. The van der Waals surface area contributed by atoms with Gasteiger partial charge in [-0.2, -0.15) is 0 Å². The van der Waals surface area contributed by atoms with Crippen LogP contribution in [-0.4, -0.2) is 5.78 Å². The molecule has 4 atom stereocenters. The van der Waals surface area contributed by atoms with E-state index in [-0.39, 0.29) is 0 Å². The van der Waals surface area contributed by atoms with Crippen molar-refractivity contribution in [1.82, 2.24) is 0 Å². The van der Waals surface area contributed by atoms with E-state index in [9.17, 15) is 4.79 Å². The Morgan fingerprint density at radius 1 is 1.15 bits per heavy atom. The third kappa shape index (κ3) is 3.28. The van der Waals surface area contributed by atoms with Crippen molar-refractivity contribution in [2.24, 2.45) is 29.1 Å². The first-order valence-electron chi connectivity index (χ1n) is 8.98. The number of carbonyl (C=O) groups is 1. The summed E-state index contributed by atoms with van der Waals surface area (Å²) >= 11 is 0. The second-order valence-corrected chi connectivity index (χ2v) is 8.22. The SMILES string of the molecule is CC(C)CCCCC(C)[C@H]1CCC2C(=O)CCCC21C. The molecule has 0 aromatic rings. The lowest BCUT2D eigenvalue weighted by Gasteiger charge is -2.42. The van der Waals surface area contributed by atoms with Crippen LogP contribution in [0.4, 0.5) is 0 Å². The normalized spacial score (nSPS) is 35.4. The van der Waals surface area contributed by atoms with Gasteiger partial charge in [0.15, 0.2) is 0 Å². The molecule has 2 aliphatic carbocycles. The van der Waals surface area contributed by atoms with Crippen LogP contribution >= 0.6 is 0 Å². The Labute approximate surface area is 125 Å². The summed E-state index contributed by atoms with van der Waals surface area (Å²) in [7, 11) is 0. The summed E-state index contributed by atoms with van der Waals surface area (Å²) in [5.41, 5.74) is 0.340. The summed E-state index contributed by atoms with van der Waals surface area (Å²) < 4.78 is 0. The van der Waals surface area contributed by atoms with Gasteiger partial charge in [0.1, 0.15) is 5.78 Å². The van der Waals surface area contributed by atoms with Gasteiger partial charge in [-0.15, -0.1) is 0 Å². The molecule has 2 rings (SSSR count). The highest BCUT2D eigenvalue weighted by Gasteiger charge is 2.52. The van der Waals surface area contributed by atoms with Crippen molar-refractivity contribution < 1.29 is 4.79 Å². The van der Waals surface area contributed by atoms with Crippen molar-refractivity contribution in [2.45, 2.75) is 85.5 Å². The van der Waals surface area contributed by atoms with Gasteiger partial charge in [-0.05, 0) is 48.9 Å². The van der Waals surface area contributed by atoms with E-state index in [1.165, 1.54) is 44.9 Å². The molecule has 116 valence electrons. The van der Waals surface area contributed by atoms with Crippen molar-refractivity contribution in [2.75, 3.05) is 0 Å². The van der Waals surface area contributed by atoms with Crippen LogP contribution in [0.5, 0.6) is 0 Å². The maximum atomic E-state index is 12.2. The average molecular weight is 278 g/mol. The molecule has 3 unspecified atom stereocenters. The smallest absolute Gasteiger partial charge is 0.136 e. The van der Waals surface area contributed by atoms with Crippen LogP contribution in [0.15, 0.2) is 0 Å². The summed E-state index contributed by atoms with van der Waals surface area (Å²) in [5.74, 6) is 3.43. The predicted molar refractivity (Wildman–Crippen MR) is 85.6 cm³/mol. The lowest BCUT2D eigenvalue weighted by Crippen LogP contribution is -2.39. The topological polar surface area (TPSA) is 17.1 Å². The number of rotatable bonds is 6. The average Bonchev–Trinajstić information content (AvgIpc) is 2.73. The Bertz CT molecular complexity index is 333. The standard InChI is InChI=1S/C19H34O/c1-14(2)8-5-6-9-15(3)16-11-12-17-18(20)10-7-13-19(16,17)4/h14-17H,5-13H2,1-4H3/t15?,16-,17?,19?/m1/s1. The molecule has 0 bridgehead atoms. The van der Waals surface area contributed by atoms with Gasteiger partial charge in [-0.3, -0.25) is 4.79 Å². The van der Waals surface area contributed by atoms with E-state index < -0.39 is 0 Å². The van der Waals surface area contributed by atoms with E-state index in [0.29, 0.717) is 17.1 Å². The molecule has 0 saturated heterocycles. The molecule has 0 amide bonds. The summed E-state index contributed by atoms with van der Waals surface area (Å²) in [4.78, 5) is 12.2. The Kier molecular flexibility index (Phi) is 5.31. The molecule has 2 saturated carbocycles. The van der Waals surface area contributed by atoms with Crippen LogP contribution in [0, 0.1) is 29.1 Å². The highest BCUT2D eigenvalue weighted by atomic mass is 16.1. The molecular weight excluding hydrogens is 244 g/mol. The fourth-order valence-corrected chi connectivity index (χ4v) is 5.12. The van der Waals surface area contributed by atoms with Crippen LogP contribution in [0.25, 0.3) is 0 Å². The lowest BCUT2D eigenvalue weighted by molar-refractivity contribution is -0.130. The zero-order valence-electron chi connectivity index (χ0n) is 14.1. The lowest BCUT2D eigenvalue weighted by atomic mass is 9.62. The van der Waals surface area contributed by atoms with Gasteiger partial charge >= 0.3 is 0 Å². The van der Waals surface area contributed by atoms with E-state index in [1.807, 2.05) is 0 Å². The molecule has 1 heteroatoms. The predicted octanol–water partition coefficient (Wildman–Crippen LogP) is 5.62. The van der Waals surface area contributed by atoms with E-state index in [0.717, 1.165) is 30.6 Å². The van der Waals surface area contributed by atoms with E-state index in [1.54, 1.807) is 0 Å². The highest BCUT2D eigenvalue weighted by molar-refractivity contribution is 5.83. The molecule has 0 aromatic heterocycles. The summed E-state index contributed by atoms with van der Waals surface area (Å²) in [5, 5.41) is 0. The molecule has 0 N–H and O–H groups in total. The Morgan fingerprint density at radius 3 is 2.55 bits per heavy atom. The molecule has 2 aliphatic rings. The molecule has 2 fully saturated rings. The van der Waals surface area contributed by atoms with E-state index in [2.05, 4.69) is 27.7 Å². The minimum atomic E-state index is 0.340. The summed E-state index contributed by atoms with van der Waals surface area (Å²) in [6.07, 6.45) is 11.3. The molecule has 20 heavy (non-hydrogen) atoms. The van der Waals surface area contributed by atoms with Gasteiger partial charge in [0.2, 0.25) is 0 Å². The zero-order valence-corrected chi connectivity index (χ0v) is 14.1. The minimum Gasteiger partial charge on any atom is -0.299 e. The highest BCUT2D eigenvalue weighted by Crippen LogP contribution is 2.57. The van der Waals surface area contributed by atoms with Crippen molar-refractivity contribution >= 4 is 5.78 Å². The quantitative estimate of drug-likeness (QED) is 0.576. The zero-order chi connectivity index (χ0) is 14.8. The first-order valence-corrected chi connectivity index (χ1v) is 8.98. The second kappa shape index (κ2) is 6.62. The third-order valence-electron chi connectivity index (χ3n) is 6.31. The van der Waals surface area contributed by atoms with Gasteiger partial charge in [-0.25, -0.2) is 0 Å². The van der Waals surface area contributed by atoms with Crippen LogP contribution in [0.1, 0.15) is 85.5 Å². The van der Waals surface area contributed by atoms with Gasteiger partial charge in [-0.1, -0.05) is 53.4 Å². The number of fused-ring (bicyclic) bond motifs is 1. The van der Waals surface area contributed by atoms with Crippen LogP contribution in [-0.2, 0) is 4.79 Å². The maximum Gasteiger partial charge on any atom is 0.136 e. The minimum absolute atomic E-state index is 0.340. The monoisotopic (exact) mass is 278 g/mol. The Morgan fingerprint density at radius 2 is 1.85 bits per heavy atom. The molecule has 0 spiro atoms. The maximum absolute atomic E-state index is 12.2. The first-order chi connectivity index (χ1) is 9.45. The largest absolute Gasteiger partial charge is 0.299 e. The number of carbonyl (C=O) groups excluding carboxylic acids is 1. The Hall–Kier alpha value is -0.330. The van der Waals surface area contributed by atoms with Crippen LogP contribution in [0.3, 0.4) is 0 Å². The number of Topliss-reactive ketones (excluding diaryl/α,β-unsaturated/α-hetero) is 1. The number of unbranched alkanes of at least 4 members (excludes halogenated alkanes) is 1. The fourth-order valence-electron chi connectivity index (χ4n) is 5.12. The van der Waals surface area contributed by atoms with Crippen molar-refractivity contribution in [3.63, 3.8) is 0 Å². The van der Waals surface area contributed by atoms with E-state index >= 15 is 0 Å².